The highest BCUT2D eigenvalue weighted by Gasteiger charge is 2.46. The van der Waals surface area contributed by atoms with Crippen molar-refractivity contribution < 1.29 is 33.7 Å². The van der Waals surface area contributed by atoms with Gasteiger partial charge in [-0.1, -0.05) is 30.3 Å². The van der Waals surface area contributed by atoms with Gasteiger partial charge in [-0.15, -0.1) is 0 Å². The van der Waals surface area contributed by atoms with Crippen LogP contribution in [0.4, 0.5) is 10.1 Å². The van der Waals surface area contributed by atoms with E-state index in [2.05, 4.69) is 5.32 Å². The molecule has 35 heavy (non-hydrogen) atoms. The predicted molar refractivity (Wildman–Crippen MR) is 127 cm³/mol. The molecule has 3 aromatic carbocycles. The third-order valence-electron chi connectivity index (χ3n) is 6.08. The number of carboxylic acids is 1. The predicted octanol–water partition coefficient (Wildman–Crippen LogP) is 4.77. The lowest BCUT2D eigenvalue weighted by atomic mass is 9.90. The highest BCUT2D eigenvalue weighted by molar-refractivity contribution is 6.07. The van der Waals surface area contributed by atoms with E-state index in [0.717, 1.165) is 17.7 Å². The first-order valence-corrected chi connectivity index (χ1v) is 11.1. The number of ether oxygens (including phenoxy) is 1. The van der Waals surface area contributed by atoms with E-state index in [0.29, 0.717) is 30.6 Å². The van der Waals surface area contributed by atoms with E-state index in [-0.39, 0.29) is 23.2 Å². The Kier molecular flexibility index (Phi) is 6.55. The normalized spacial score (nSPS) is 16.3. The summed E-state index contributed by atoms with van der Waals surface area (Å²) in [5.74, 6) is -3.21. The summed E-state index contributed by atoms with van der Waals surface area (Å²) in [6.45, 7) is 1.18. The zero-order valence-electron chi connectivity index (χ0n) is 19.0. The third kappa shape index (κ3) is 5.01. The number of carbonyl (C=O) groups is 3. The van der Waals surface area contributed by atoms with Crippen molar-refractivity contribution in [2.45, 2.75) is 38.2 Å². The molecule has 0 spiro atoms. The van der Waals surface area contributed by atoms with Crippen molar-refractivity contribution in [3.05, 3.63) is 88.7 Å². The monoisotopic (exact) mass is 477 g/mol. The summed E-state index contributed by atoms with van der Waals surface area (Å²) < 4.78 is 19.8. The molecule has 3 aromatic rings. The van der Waals surface area contributed by atoms with E-state index >= 15 is 0 Å². The van der Waals surface area contributed by atoms with Crippen LogP contribution in [0.2, 0.25) is 0 Å². The zero-order chi connectivity index (χ0) is 25.2. The van der Waals surface area contributed by atoms with Gasteiger partial charge in [-0.05, 0) is 61.6 Å². The second-order valence-corrected chi connectivity index (χ2v) is 8.60. The van der Waals surface area contributed by atoms with E-state index in [1.165, 1.54) is 25.1 Å². The number of carbonyl (C=O) groups excluding carboxylic acids is 2. The van der Waals surface area contributed by atoms with Crippen molar-refractivity contribution in [3.63, 3.8) is 0 Å². The molecule has 180 valence electrons. The van der Waals surface area contributed by atoms with Crippen molar-refractivity contribution >= 4 is 23.3 Å². The van der Waals surface area contributed by atoms with Crippen LogP contribution in [0.3, 0.4) is 0 Å². The molecular weight excluding hydrogens is 453 g/mol. The molecule has 0 saturated carbocycles. The smallest absolute Gasteiger partial charge is 0.348 e. The first-order chi connectivity index (χ1) is 16.7. The Hall–Kier alpha value is -4.20. The number of ketones is 1. The summed E-state index contributed by atoms with van der Waals surface area (Å²) in [7, 11) is 0. The molecule has 0 saturated heterocycles. The van der Waals surface area contributed by atoms with E-state index in [4.69, 9.17) is 4.74 Å². The van der Waals surface area contributed by atoms with Gasteiger partial charge in [-0.2, -0.15) is 0 Å². The minimum absolute atomic E-state index is 0.0906. The number of rotatable bonds is 8. The summed E-state index contributed by atoms with van der Waals surface area (Å²) in [5.41, 5.74) is -0.0691. The van der Waals surface area contributed by atoms with Crippen LogP contribution in [0.15, 0.2) is 60.7 Å². The molecule has 1 aliphatic heterocycles. The van der Waals surface area contributed by atoms with Gasteiger partial charge >= 0.3 is 5.97 Å². The van der Waals surface area contributed by atoms with Crippen molar-refractivity contribution in [2.75, 3.05) is 5.32 Å². The lowest BCUT2D eigenvalue weighted by Gasteiger charge is -2.24. The number of phenolic OH excluding ortho intramolecular Hbond substituents is 1. The fourth-order valence-electron chi connectivity index (χ4n) is 4.26. The van der Waals surface area contributed by atoms with Gasteiger partial charge in [0.05, 0.1) is 11.3 Å². The molecule has 0 bridgehead atoms. The van der Waals surface area contributed by atoms with Crippen LogP contribution in [0.25, 0.3) is 0 Å². The molecule has 0 aliphatic carbocycles. The maximum absolute atomic E-state index is 13.9. The number of fused-ring (bicyclic) bond motifs is 1. The molecule has 1 atom stereocenters. The minimum Gasteiger partial charge on any atom is -0.505 e. The average molecular weight is 477 g/mol. The Balaban J connectivity index is 1.50. The quantitative estimate of drug-likeness (QED) is 0.318. The van der Waals surface area contributed by atoms with Crippen molar-refractivity contribution in [1.82, 2.24) is 0 Å². The van der Waals surface area contributed by atoms with Gasteiger partial charge in [0.25, 0.3) is 5.91 Å². The maximum atomic E-state index is 13.9. The van der Waals surface area contributed by atoms with Crippen LogP contribution in [0.5, 0.6) is 11.5 Å². The molecule has 1 heterocycles. The van der Waals surface area contributed by atoms with Crippen LogP contribution in [0.1, 0.15) is 51.6 Å². The number of anilines is 1. The highest BCUT2D eigenvalue weighted by atomic mass is 19.1. The number of halogens is 1. The molecule has 1 aliphatic rings. The number of aromatic hydroxyl groups is 1. The lowest BCUT2D eigenvalue weighted by Crippen LogP contribution is -2.43. The molecule has 0 radical (unpaired) electrons. The standard InChI is InChI=1S/C27H24FNO6/c1-16(30)21-13-20(28)14-22(24(21)31)29-25(32)18-9-10-23-19(12-18)15-27(35-23,26(33)34)11-5-8-17-6-3-2-4-7-17/h2-4,6-7,9-10,12-14,31H,5,8,11,15H2,1H3,(H,29,32)(H,33,34). The summed E-state index contributed by atoms with van der Waals surface area (Å²) >= 11 is 0. The molecule has 3 N–H and O–H groups in total. The number of benzene rings is 3. The average Bonchev–Trinajstić information content (AvgIpc) is 3.21. The van der Waals surface area contributed by atoms with Crippen molar-refractivity contribution in [1.29, 1.82) is 0 Å². The van der Waals surface area contributed by atoms with Gasteiger partial charge in [-0.3, -0.25) is 9.59 Å². The largest absolute Gasteiger partial charge is 0.505 e. The van der Waals surface area contributed by atoms with E-state index in [9.17, 15) is 29.0 Å². The second kappa shape index (κ2) is 9.58. The van der Waals surface area contributed by atoms with Crippen molar-refractivity contribution in [2.24, 2.45) is 0 Å². The Morgan fingerprint density at radius 1 is 1.09 bits per heavy atom. The van der Waals surface area contributed by atoms with Gasteiger partial charge in [-0.25, -0.2) is 9.18 Å². The van der Waals surface area contributed by atoms with E-state index < -0.39 is 34.8 Å². The number of nitrogens with one attached hydrogen (secondary N) is 1. The van der Waals surface area contributed by atoms with Crippen LogP contribution >= 0.6 is 0 Å². The number of amides is 1. The van der Waals surface area contributed by atoms with Crippen LogP contribution in [-0.4, -0.2) is 33.5 Å². The van der Waals surface area contributed by atoms with Gasteiger partial charge in [0.2, 0.25) is 5.60 Å². The van der Waals surface area contributed by atoms with Crippen LogP contribution in [-0.2, 0) is 17.6 Å². The summed E-state index contributed by atoms with van der Waals surface area (Å²) in [6.07, 6.45) is 1.70. The summed E-state index contributed by atoms with van der Waals surface area (Å²) in [4.78, 5) is 36.6. The Bertz CT molecular complexity index is 1310. The van der Waals surface area contributed by atoms with Gasteiger partial charge < -0.3 is 20.3 Å². The molecule has 1 unspecified atom stereocenters. The number of aryl methyl sites for hydroxylation is 1. The Morgan fingerprint density at radius 2 is 1.83 bits per heavy atom. The number of hydrogen-bond donors (Lipinski definition) is 3. The molecule has 0 fully saturated rings. The van der Waals surface area contributed by atoms with Gasteiger partial charge in [0.15, 0.2) is 5.78 Å². The number of carboxylic acid groups (broad SMARTS) is 1. The molecule has 7 nitrogen and oxygen atoms in total. The fourth-order valence-corrected chi connectivity index (χ4v) is 4.26. The molecule has 0 aromatic heterocycles. The molecular formula is C27H24FNO6. The number of hydrogen-bond acceptors (Lipinski definition) is 5. The number of aliphatic carboxylic acids is 1. The summed E-state index contributed by atoms with van der Waals surface area (Å²) in [5, 5.41) is 22.6. The minimum atomic E-state index is -1.43. The molecule has 1 amide bonds. The summed E-state index contributed by atoms with van der Waals surface area (Å²) in [6, 6.07) is 16.1. The third-order valence-corrected chi connectivity index (χ3v) is 6.08. The SMILES string of the molecule is CC(=O)c1cc(F)cc(NC(=O)c2ccc3c(c2)CC(CCCc2ccccc2)(C(=O)O)O3)c1O. The lowest BCUT2D eigenvalue weighted by molar-refractivity contribution is -0.154. The van der Waals surface area contributed by atoms with Gasteiger partial charge in [0.1, 0.15) is 17.3 Å². The zero-order valence-corrected chi connectivity index (χ0v) is 19.0. The number of Topliss-reactive ketones (excluding diaryl/α,β-unsaturated/α-hetero) is 1. The van der Waals surface area contributed by atoms with Crippen LogP contribution < -0.4 is 10.1 Å². The van der Waals surface area contributed by atoms with E-state index in [1.807, 2.05) is 30.3 Å². The van der Waals surface area contributed by atoms with Crippen LogP contribution in [0, 0.1) is 5.82 Å². The Morgan fingerprint density at radius 3 is 2.51 bits per heavy atom. The second-order valence-electron chi connectivity index (χ2n) is 8.60. The van der Waals surface area contributed by atoms with E-state index in [1.54, 1.807) is 0 Å². The highest BCUT2D eigenvalue weighted by Crippen LogP contribution is 2.39. The molecule has 4 rings (SSSR count). The maximum Gasteiger partial charge on any atom is 0.348 e. The first-order valence-electron chi connectivity index (χ1n) is 11.1. The van der Waals surface area contributed by atoms with Crippen molar-refractivity contribution in [3.8, 4) is 11.5 Å². The number of phenols is 1. The Labute approximate surface area is 201 Å². The molecule has 8 heteroatoms. The first kappa shape index (κ1) is 23.9. The topological polar surface area (TPSA) is 113 Å². The van der Waals surface area contributed by atoms with Gasteiger partial charge in [0, 0.05) is 18.1 Å². The fraction of sp³-hybridized carbons (Fsp3) is 0.222.